The van der Waals surface area contributed by atoms with Crippen LogP contribution in [0, 0.1) is 6.92 Å². The second kappa shape index (κ2) is 6.48. The zero-order valence-corrected chi connectivity index (χ0v) is 10.4. The van der Waals surface area contributed by atoms with Gasteiger partial charge in [0.05, 0.1) is 12.7 Å². The van der Waals surface area contributed by atoms with E-state index < -0.39 is 0 Å². The largest absolute Gasteiger partial charge is 0.496 e. The Hall–Kier alpha value is -2.24. The van der Waals surface area contributed by atoms with E-state index in [2.05, 4.69) is 10.5 Å². The summed E-state index contributed by atoms with van der Waals surface area (Å²) in [5.74, 6) is 0.342. The van der Waals surface area contributed by atoms with Crippen LogP contribution in [0.2, 0.25) is 0 Å². The Kier molecular flexibility index (Phi) is 4.98. The van der Waals surface area contributed by atoms with E-state index in [1.54, 1.807) is 12.1 Å². The first-order valence-electron chi connectivity index (χ1n) is 5.47. The summed E-state index contributed by atoms with van der Waals surface area (Å²) >= 11 is 0. The van der Waals surface area contributed by atoms with E-state index in [1.165, 1.54) is 7.11 Å². The Morgan fingerprint density at radius 1 is 1.56 bits per heavy atom. The normalized spacial score (nSPS) is 11.1. The van der Waals surface area contributed by atoms with Crippen LogP contribution in [-0.4, -0.2) is 30.6 Å². The molecule has 0 aliphatic rings. The van der Waals surface area contributed by atoms with E-state index in [9.17, 15) is 4.79 Å². The second-order valence-corrected chi connectivity index (χ2v) is 3.80. The van der Waals surface area contributed by atoms with E-state index in [4.69, 9.17) is 15.7 Å². The highest BCUT2D eigenvalue weighted by atomic mass is 16.5. The molecule has 0 radical (unpaired) electrons. The standard InChI is InChI=1S/C12H17N3O3/c1-8-3-4-10(18-2)9(7-8)12(16)14-6-5-11(13)15-17/h3-4,7,17H,5-6H2,1-2H3,(H2,13,15)(H,14,16). The first-order valence-corrected chi connectivity index (χ1v) is 5.47. The van der Waals surface area contributed by atoms with Gasteiger partial charge in [-0.3, -0.25) is 4.79 Å². The van der Waals surface area contributed by atoms with Crippen LogP contribution in [0.5, 0.6) is 5.75 Å². The summed E-state index contributed by atoms with van der Waals surface area (Å²) in [7, 11) is 1.51. The van der Waals surface area contributed by atoms with Gasteiger partial charge in [-0.1, -0.05) is 16.8 Å². The molecule has 0 unspecified atom stereocenters. The third-order valence-electron chi connectivity index (χ3n) is 2.39. The molecule has 0 saturated carbocycles. The third-order valence-corrected chi connectivity index (χ3v) is 2.39. The minimum Gasteiger partial charge on any atom is -0.496 e. The Morgan fingerprint density at radius 3 is 2.89 bits per heavy atom. The van der Waals surface area contributed by atoms with Crippen molar-refractivity contribution in [2.75, 3.05) is 13.7 Å². The van der Waals surface area contributed by atoms with E-state index in [1.807, 2.05) is 13.0 Å². The summed E-state index contributed by atoms with van der Waals surface area (Å²) in [5, 5.41) is 13.9. The van der Waals surface area contributed by atoms with E-state index in [0.29, 0.717) is 17.9 Å². The van der Waals surface area contributed by atoms with Gasteiger partial charge in [-0.05, 0) is 19.1 Å². The Labute approximate surface area is 105 Å². The molecule has 0 bridgehead atoms. The second-order valence-electron chi connectivity index (χ2n) is 3.80. The summed E-state index contributed by atoms with van der Waals surface area (Å²) in [6.07, 6.45) is 0.288. The molecule has 1 amide bonds. The van der Waals surface area contributed by atoms with Crippen LogP contribution >= 0.6 is 0 Å². The van der Waals surface area contributed by atoms with Crippen molar-refractivity contribution in [2.24, 2.45) is 10.9 Å². The number of aryl methyl sites for hydroxylation is 1. The number of rotatable bonds is 5. The SMILES string of the molecule is COc1ccc(C)cc1C(=O)NCCC(N)=NO. The summed E-state index contributed by atoms with van der Waals surface area (Å²) in [4.78, 5) is 11.9. The molecular formula is C12H17N3O3. The lowest BCUT2D eigenvalue weighted by atomic mass is 10.1. The maximum atomic E-state index is 11.9. The number of benzene rings is 1. The first kappa shape index (κ1) is 13.8. The van der Waals surface area contributed by atoms with Gasteiger partial charge in [0, 0.05) is 13.0 Å². The van der Waals surface area contributed by atoms with E-state index >= 15 is 0 Å². The van der Waals surface area contributed by atoms with Gasteiger partial charge in [-0.25, -0.2) is 0 Å². The maximum Gasteiger partial charge on any atom is 0.255 e. The van der Waals surface area contributed by atoms with Gasteiger partial charge in [-0.2, -0.15) is 0 Å². The topological polar surface area (TPSA) is 96.9 Å². The van der Waals surface area contributed by atoms with Gasteiger partial charge >= 0.3 is 0 Å². The lowest BCUT2D eigenvalue weighted by Gasteiger charge is -2.09. The molecular weight excluding hydrogens is 234 g/mol. The molecule has 1 aromatic rings. The first-order chi connectivity index (χ1) is 8.58. The van der Waals surface area contributed by atoms with Crippen molar-refractivity contribution < 1.29 is 14.7 Å². The van der Waals surface area contributed by atoms with Gasteiger partial charge in [-0.15, -0.1) is 0 Å². The maximum absolute atomic E-state index is 11.9. The fourth-order valence-electron chi connectivity index (χ4n) is 1.45. The average Bonchev–Trinajstić information content (AvgIpc) is 2.38. The number of hydrogen-bond donors (Lipinski definition) is 3. The fourth-order valence-corrected chi connectivity index (χ4v) is 1.45. The summed E-state index contributed by atoms with van der Waals surface area (Å²) in [6.45, 7) is 2.19. The number of oxime groups is 1. The molecule has 0 saturated heterocycles. The van der Waals surface area contributed by atoms with Gasteiger partial charge < -0.3 is 21.0 Å². The van der Waals surface area contributed by atoms with Crippen molar-refractivity contribution in [2.45, 2.75) is 13.3 Å². The van der Waals surface area contributed by atoms with Gasteiger partial charge in [0.25, 0.3) is 5.91 Å². The monoisotopic (exact) mass is 251 g/mol. The molecule has 0 aliphatic heterocycles. The highest BCUT2D eigenvalue weighted by Crippen LogP contribution is 2.19. The number of carbonyl (C=O) groups excluding carboxylic acids is 1. The lowest BCUT2D eigenvalue weighted by Crippen LogP contribution is -2.28. The fraction of sp³-hybridized carbons (Fsp3) is 0.333. The quantitative estimate of drug-likeness (QED) is 0.313. The molecule has 1 rings (SSSR count). The smallest absolute Gasteiger partial charge is 0.255 e. The molecule has 0 atom stereocenters. The lowest BCUT2D eigenvalue weighted by molar-refractivity contribution is 0.0951. The average molecular weight is 251 g/mol. The Bertz CT molecular complexity index is 458. The van der Waals surface area contributed by atoms with Crippen LogP contribution in [0.15, 0.2) is 23.4 Å². The molecule has 0 spiro atoms. The Balaban J connectivity index is 2.69. The Morgan fingerprint density at radius 2 is 2.28 bits per heavy atom. The van der Waals surface area contributed by atoms with Crippen molar-refractivity contribution in [1.82, 2.24) is 5.32 Å². The molecule has 1 aromatic carbocycles. The summed E-state index contributed by atoms with van der Waals surface area (Å²) in [6, 6.07) is 5.36. The summed E-state index contributed by atoms with van der Waals surface area (Å²) in [5.41, 5.74) is 6.74. The molecule has 0 fully saturated rings. The number of amides is 1. The zero-order valence-electron chi connectivity index (χ0n) is 10.4. The molecule has 4 N–H and O–H groups in total. The molecule has 6 nitrogen and oxygen atoms in total. The number of ether oxygens (including phenoxy) is 1. The molecule has 6 heteroatoms. The van der Waals surface area contributed by atoms with Crippen molar-refractivity contribution in [1.29, 1.82) is 0 Å². The van der Waals surface area contributed by atoms with Crippen LogP contribution in [0.4, 0.5) is 0 Å². The molecule has 98 valence electrons. The zero-order chi connectivity index (χ0) is 13.5. The number of nitrogens with zero attached hydrogens (tertiary/aromatic N) is 1. The van der Waals surface area contributed by atoms with Crippen LogP contribution in [0.25, 0.3) is 0 Å². The van der Waals surface area contributed by atoms with Crippen molar-refractivity contribution in [3.63, 3.8) is 0 Å². The van der Waals surface area contributed by atoms with Crippen LogP contribution < -0.4 is 15.8 Å². The predicted molar refractivity (Wildman–Crippen MR) is 68.1 cm³/mol. The number of nitrogens with one attached hydrogen (secondary N) is 1. The predicted octanol–water partition coefficient (Wildman–Crippen LogP) is 0.870. The number of amidine groups is 1. The van der Waals surface area contributed by atoms with Crippen molar-refractivity contribution >= 4 is 11.7 Å². The van der Waals surface area contributed by atoms with Crippen LogP contribution in [-0.2, 0) is 0 Å². The highest BCUT2D eigenvalue weighted by molar-refractivity contribution is 5.97. The van der Waals surface area contributed by atoms with Gasteiger partial charge in [0.2, 0.25) is 0 Å². The number of hydrogen-bond acceptors (Lipinski definition) is 4. The van der Waals surface area contributed by atoms with E-state index in [-0.39, 0.29) is 18.2 Å². The minimum atomic E-state index is -0.249. The van der Waals surface area contributed by atoms with Crippen molar-refractivity contribution in [3.8, 4) is 5.75 Å². The van der Waals surface area contributed by atoms with Gasteiger partial charge in [0.15, 0.2) is 0 Å². The van der Waals surface area contributed by atoms with Crippen LogP contribution in [0.3, 0.4) is 0 Å². The number of methoxy groups -OCH3 is 1. The highest BCUT2D eigenvalue weighted by Gasteiger charge is 2.11. The number of carbonyl (C=O) groups is 1. The third kappa shape index (κ3) is 3.65. The minimum absolute atomic E-state index is 0.0755. The van der Waals surface area contributed by atoms with Gasteiger partial charge in [0.1, 0.15) is 11.6 Å². The molecule has 0 aromatic heterocycles. The molecule has 0 aliphatic carbocycles. The van der Waals surface area contributed by atoms with E-state index in [0.717, 1.165) is 5.56 Å². The van der Waals surface area contributed by atoms with Crippen LogP contribution in [0.1, 0.15) is 22.3 Å². The summed E-state index contributed by atoms with van der Waals surface area (Å²) < 4.78 is 5.12. The number of nitrogens with two attached hydrogens (primary N) is 1. The van der Waals surface area contributed by atoms with Crippen molar-refractivity contribution in [3.05, 3.63) is 29.3 Å². The molecule has 0 heterocycles. The molecule has 18 heavy (non-hydrogen) atoms.